The molecule has 0 spiro atoms. The first-order valence-corrected chi connectivity index (χ1v) is 3.52. The van der Waals surface area contributed by atoms with Crippen LogP contribution in [0.5, 0.6) is 0 Å². The zero-order chi connectivity index (χ0) is 10.1. The Labute approximate surface area is 77.5 Å². The highest BCUT2D eigenvalue weighted by atomic mass is 35.5. The van der Waals surface area contributed by atoms with E-state index in [2.05, 4.69) is 4.98 Å². The fraction of sp³-hybridized carbons (Fsp3) is 0.125. The highest BCUT2D eigenvalue weighted by Gasteiger charge is 2.31. The van der Waals surface area contributed by atoms with E-state index in [4.69, 9.17) is 18.0 Å². The maximum absolute atomic E-state index is 12.1. The molecule has 13 heavy (non-hydrogen) atoms. The molecule has 0 aliphatic carbocycles. The van der Waals surface area contributed by atoms with Crippen molar-refractivity contribution in [2.75, 3.05) is 0 Å². The maximum Gasteiger partial charge on any atom is 0.417 e. The van der Waals surface area contributed by atoms with E-state index < -0.39 is 11.7 Å². The first-order chi connectivity index (χ1) is 5.95. The van der Waals surface area contributed by atoms with E-state index in [-0.39, 0.29) is 10.7 Å². The molecule has 0 amide bonds. The molecule has 5 heteroatoms. The third-order valence-corrected chi connectivity index (χ3v) is 1.62. The largest absolute Gasteiger partial charge is 0.417 e. The summed E-state index contributed by atoms with van der Waals surface area (Å²) < 4.78 is 36.3. The fourth-order valence-electron chi connectivity index (χ4n) is 0.704. The van der Waals surface area contributed by atoms with Crippen LogP contribution >= 0.6 is 11.6 Å². The van der Waals surface area contributed by atoms with Gasteiger partial charge in [-0.25, -0.2) is 4.98 Å². The molecule has 1 aromatic heterocycles. The van der Waals surface area contributed by atoms with Crippen molar-refractivity contribution < 1.29 is 13.2 Å². The lowest BCUT2D eigenvalue weighted by atomic mass is 10.2. The van der Waals surface area contributed by atoms with Crippen LogP contribution in [0.4, 0.5) is 13.2 Å². The second-order valence-electron chi connectivity index (χ2n) is 2.20. The van der Waals surface area contributed by atoms with E-state index in [9.17, 15) is 13.2 Å². The number of terminal acetylenes is 1. The number of hydrogen-bond donors (Lipinski definition) is 0. The van der Waals surface area contributed by atoms with Crippen LogP contribution < -0.4 is 0 Å². The second-order valence-corrected chi connectivity index (χ2v) is 2.56. The van der Waals surface area contributed by atoms with Crippen molar-refractivity contribution in [3.8, 4) is 12.3 Å². The van der Waals surface area contributed by atoms with Gasteiger partial charge >= 0.3 is 6.18 Å². The van der Waals surface area contributed by atoms with E-state index in [1.54, 1.807) is 0 Å². The fourth-order valence-corrected chi connectivity index (χ4v) is 0.862. The van der Waals surface area contributed by atoms with Crippen molar-refractivity contribution in [1.29, 1.82) is 0 Å². The Morgan fingerprint density at radius 3 is 2.54 bits per heavy atom. The van der Waals surface area contributed by atoms with E-state index >= 15 is 0 Å². The number of halogens is 4. The molecular formula is C8H3ClF3N. The molecule has 0 saturated heterocycles. The lowest BCUT2D eigenvalue weighted by molar-refractivity contribution is -0.137. The predicted octanol–water partition coefficient (Wildman–Crippen LogP) is 2.74. The monoisotopic (exact) mass is 205 g/mol. The summed E-state index contributed by atoms with van der Waals surface area (Å²) in [5.74, 6) is 2.01. The Balaban J connectivity index is 3.24. The molecule has 0 fully saturated rings. The van der Waals surface area contributed by atoms with Crippen LogP contribution in [0.2, 0.25) is 5.15 Å². The van der Waals surface area contributed by atoms with E-state index in [1.807, 2.05) is 5.92 Å². The molecule has 1 aromatic rings. The van der Waals surface area contributed by atoms with Gasteiger partial charge in [-0.05, 0) is 6.07 Å². The Hall–Kier alpha value is -1.21. The van der Waals surface area contributed by atoms with Crippen LogP contribution in [0.15, 0.2) is 12.3 Å². The van der Waals surface area contributed by atoms with Crippen LogP contribution in [0.25, 0.3) is 0 Å². The summed E-state index contributed by atoms with van der Waals surface area (Å²) in [4.78, 5) is 3.32. The Kier molecular flexibility index (Phi) is 2.48. The average Bonchev–Trinajstić information content (AvgIpc) is 2.03. The molecule has 0 aliphatic heterocycles. The Bertz CT molecular complexity index is 365. The third kappa shape index (κ3) is 2.13. The van der Waals surface area contributed by atoms with Crippen molar-refractivity contribution in [3.05, 3.63) is 28.5 Å². The summed E-state index contributed by atoms with van der Waals surface area (Å²) in [6.07, 6.45) is 1.12. The minimum atomic E-state index is -4.44. The number of rotatable bonds is 0. The molecule has 0 atom stereocenters. The molecule has 0 radical (unpaired) electrons. The standard InChI is InChI=1S/C8H3ClF3N/c1-2-5-3-6(8(10,11)12)4-13-7(5)9/h1,3-4H. The summed E-state index contributed by atoms with van der Waals surface area (Å²) in [7, 11) is 0. The SMILES string of the molecule is C#Cc1cc(C(F)(F)F)cnc1Cl. The van der Waals surface area contributed by atoms with Crippen LogP contribution in [0.1, 0.15) is 11.1 Å². The normalized spacial score (nSPS) is 11.0. The maximum atomic E-state index is 12.1. The molecular weight excluding hydrogens is 203 g/mol. The van der Waals surface area contributed by atoms with Gasteiger partial charge in [-0.15, -0.1) is 6.42 Å². The Morgan fingerprint density at radius 2 is 2.08 bits per heavy atom. The molecule has 1 rings (SSSR count). The van der Waals surface area contributed by atoms with Crippen molar-refractivity contribution in [1.82, 2.24) is 4.98 Å². The van der Waals surface area contributed by atoms with Crippen LogP contribution in [0.3, 0.4) is 0 Å². The van der Waals surface area contributed by atoms with Gasteiger partial charge in [-0.2, -0.15) is 13.2 Å². The zero-order valence-corrected chi connectivity index (χ0v) is 6.95. The molecule has 0 aromatic carbocycles. The molecule has 0 bridgehead atoms. The number of nitrogens with zero attached hydrogens (tertiary/aromatic N) is 1. The van der Waals surface area contributed by atoms with Gasteiger partial charge < -0.3 is 0 Å². The van der Waals surface area contributed by atoms with Gasteiger partial charge in [-0.3, -0.25) is 0 Å². The minimum Gasteiger partial charge on any atom is -0.243 e. The summed E-state index contributed by atoms with van der Waals surface area (Å²) in [6.45, 7) is 0. The lowest BCUT2D eigenvalue weighted by Gasteiger charge is -2.06. The summed E-state index contributed by atoms with van der Waals surface area (Å²) in [5, 5.41) is -0.101. The first kappa shape index (κ1) is 9.87. The van der Waals surface area contributed by atoms with Crippen molar-refractivity contribution in [2.45, 2.75) is 6.18 Å². The summed E-state index contributed by atoms with van der Waals surface area (Å²) in [5.41, 5.74) is -0.957. The molecule has 1 heterocycles. The van der Waals surface area contributed by atoms with Crippen LogP contribution in [-0.2, 0) is 6.18 Å². The van der Waals surface area contributed by atoms with E-state index in [1.165, 1.54) is 0 Å². The molecule has 68 valence electrons. The quantitative estimate of drug-likeness (QED) is 0.469. The zero-order valence-electron chi connectivity index (χ0n) is 6.19. The van der Waals surface area contributed by atoms with Gasteiger partial charge in [0.25, 0.3) is 0 Å². The first-order valence-electron chi connectivity index (χ1n) is 3.14. The molecule has 0 unspecified atom stereocenters. The van der Waals surface area contributed by atoms with E-state index in [0.717, 1.165) is 6.07 Å². The topological polar surface area (TPSA) is 12.9 Å². The highest BCUT2D eigenvalue weighted by molar-refractivity contribution is 6.30. The van der Waals surface area contributed by atoms with Gasteiger partial charge in [0, 0.05) is 6.20 Å². The van der Waals surface area contributed by atoms with Crippen molar-refractivity contribution >= 4 is 11.6 Å². The minimum absolute atomic E-state index is 0.0588. The van der Waals surface area contributed by atoms with E-state index in [0.29, 0.717) is 6.20 Å². The summed E-state index contributed by atoms with van der Waals surface area (Å²) in [6, 6.07) is 0.787. The molecule has 0 N–H and O–H groups in total. The van der Waals surface area contributed by atoms with Crippen LogP contribution in [0, 0.1) is 12.3 Å². The molecule has 0 aliphatic rings. The smallest absolute Gasteiger partial charge is 0.243 e. The molecule has 0 saturated carbocycles. The molecule has 1 nitrogen and oxygen atoms in total. The lowest BCUT2D eigenvalue weighted by Crippen LogP contribution is -2.06. The van der Waals surface area contributed by atoms with Crippen molar-refractivity contribution in [3.63, 3.8) is 0 Å². The third-order valence-electron chi connectivity index (χ3n) is 1.32. The second kappa shape index (κ2) is 3.27. The van der Waals surface area contributed by atoms with Gasteiger partial charge in [0.1, 0.15) is 5.15 Å². The highest BCUT2D eigenvalue weighted by Crippen LogP contribution is 2.30. The van der Waals surface area contributed by atoms with Gasteiger partial charge in [-0.1, -0.05) is 17.5 Å². The van der Waals surface area contributed by atoms with Gasteiger partial charge in [0.15, 0.2) is 0 Å². The predicted molar refractivity (Wildman–Crippen MR) is 42.2 cm³/mol. The Morgan fingerprint density at radius 1 is 1.46 bits per heavy atom. The van der Waals surface area contributed by atoms with Crippen molar-refractivity contribution in [2.24, 2.45) is 0 Å². The summed E-state index contributed by atoms with van der Waals surface area (Å²) >= 11 is 5.43. The van der Waals surface area contributed by atoms with Gasteiger partial charge in [0.05, 0.1) is 11.1 Å². The number of hydrogen-bond acceptors (Lipinski definition) is 1. The van der Waals surface area contributed by atoms with Crippen LogP contribution in [-0.4, -0.2) is 4.98 Å². The number of pyridine rings is 1. The van der Waals surface area contributed by atoms with Gasteiger partial charge in [0.2, 0.25) is 0 Å². The number of aromatic nitrogens is 1. The number of alkyl halides is 3. The average molecular weight is 206 g/mol.